The van der Waals surface area contributed by atoms with Gasteiger partial charge in [-0.1, -0.05) is 96.8 Å². The lowest BCUT2D eigenvalue weighted by Gasteiger charge is -2.07. The van der Waals surface area contributed by atoms with Crippen molar-refractivity contribution in [1.29, 1.82) is 0 Å². The van der Waals surface area contributed by atoms with Crippen LogP contribution in [0.2, 0.25) is 0 Å². The van der Waals surface area contributed by atoms with Crippen LogP contribution >= 0.6 is 0 Å². The van der Waals surface area contributed by atoms with Gasteiger partial charge in [0, 0.05) is 26.0 Å². The van der Waals surface area contributed by atoms with Crippen molar-refractivity contribution >= 4 is 12.2 Å². The summed E-state index contributed by atoms with van der Waals surface area (Å²) in [5.41, 5.74) is 0. The van der Waals surface area contributed by atoms with Crippen LogP contribution in [0.25, 0.3) is 0 Å². The zero-order valence-electron chi connectivity index (χ0n) is 21.2. The van der Waals surface area contributed by atoms with Crippen LogP contribution in [0.4, 0.5) is 0 Å². The molecule has 1 N–H and O–H groups in total. The Bertz CT molecular complexity index is 390. The van der Waals surface area contributed by atoms with Gasteiger partial charge in [-0.25, -0.2) is 0 Å². The largest absolute Gasteiger partial charge is 0.379 e. The van der Waals surface area contributed by atoms with Gasteiger partial charge in [-0.3, -0.25) is 4.79 Å². The average molecular weight is 456 g/mol. The molecule has 0 atom stereocenters. The van der Waals surface area contributed by atoms with E-state index < -0.39 is 0 Å². The summed E-state index contributed by atoms with van der Waals surface area (Å²) in [4.78, 5) is 22.0. The first-order chi connectivity index (χ1) is 15.8. The van der Waals surface area contributed by atoms with Crippen molar-refractivity contribution in [2.24, 2.45) is 0 Å². The first kappa shape index (κ1) is 31.1. The first-order valence-corrected chi connectivity index (χ1v) is 13.7. The Morgan fingerprint density at radius 3 is 1.53 bits per heavy atom. The van der Waals surface area contributed by atoms with E-state index in [2.05, 4.69) is 12.2 Å². The molecule has 0 aliphatic carbocycles. The SMILES string of the molecule is CCCOCCOCCNC(=O)CCCCCCCCCCCCCCCCCCC=O. The Morgan fingerprint density at radius 2 is 1.06 bits per heavy atom. The van der Waals surface area contributed by atoms with E-state index in [-0.39, 0.29) is 5.91 Å². The molecule has 0 spiro atoms. The third kappa shape index (κ3) is 27.1. The van der Waals surface area contributed by atoms with Gasteiger partial charge in [-0.05, 0) is 19.3 Å². The molecule has 0 radical (unpaired) electrons. The zero-order chi connectivity index (χ0) is 23.4. The van der Waals surface area contributed by atoms with E-state index in [1.54, 1.807) is 0 Å². The second kappa shape index (κ2) is 28.1. The van der Waals surface area contributed by atoms with E-state index in [4.69, 9.17) is 9.47 Å². The maximum Gasteiger partial charge on any atom is 0.220 e. The number of ether oxygens (including phenoxy) is 2. The average Bonchev–Trinajstić information content (AvgIpc) is 2.80. The minimum atomic E-state index is 0.147. The van der Waals surface area contributed by atoms with Crippen LogP contribution in [-0.4, -0.2) is 45.2 Å². The fourth-order valence-electron chi connectivity index (χ4n) is 3.81. The molecule has 1 amide bonds. The molecule has 0 fully saturated rings. The second-order valence-corrected chi connectivity index (χ2v) is 8.94. The third-order valence-corrected chi connectivity index (χ3v) is 5.76. The lowest BCUT2D eigenvalue weighted by Crippen LogP contribution is -2.27. The highest BCUT2D eigenvalue weighted by Gasteiger charge is 2.01. The molecular weight excluding hydrogens is 402 g/mol. The number of nitrogens with one attached hydrogen (secondary N) is 1. The Kier molecular flexibility index (Phi) is 27.3. The number of unbranched alkanes of at least 4 members (excludes halogenated alkanes) is 16. The van der Waals surface area contributed by atoms with Crippen molar-refractivity contribution in [2.45, 2.75) is 129 Å². The van der Waals surface area contributed by atoms with Crippen molar-refractivity contribution in [2.75, 3.05) is 33.0 Å². The molecule has 0 heterocycles. The van der Waals surface area contributed by atoms with E-state index in [0.29, 0.717) is 32.8 Å². The number of carbonyl (C=O) groups excluding carboxylic acids is 2. The van der Waals surface area contributed by atoms with E-state index >= 15 is 0 Å². The molecule has 5 heteroatoms. The van der Waals surface area contributed by atoms with Gasteiger partial charge in [0.2, 0.25) is 5.91 Å². The second-order valence-electron chi connectivity index (χ2n) is 8.94. The molecule has 5 nitrogen and oxygen atoms in total. The Balaban J connectivity index is 3.12. The van der Waals surface area contributed by atoms with Crippen molar-refractivity contribution in [1.82, 2.24) is 5.32 Å². The summed E-state index contributed by atoms with van der Waals surface area (Å²) >= 11 is 0. The minimum Gasteiger partial charge on any atom is -0.379 e. The first-order valence-electron chi connectivity index (χ1n) is 13.7. The van der Waals surface area contributed by atoms with Crippen molar-refractivity contribution in [3.8, 4) is 0 Å². The van der Waals surface area contributed by atoms with Gasteiger partial charge in [0.05, 0.1) is 19.8 Å². The number of hydrogen-bond acceptors (Lipinski definition) is 4. The lowest BCUT2D eigenvalue weighted by molar-refractivity contribution is -0.121. The van der Waals surface area contributed by atoms with Crippen LogP contribution < -0.4 is 5.32 Å². The van der Waals surface area contributed by atoms with Crippen LogP contribution in [0.15, 0.2) is 0 Å². The molecule has 32 heavy (non-hydrogen) atoms. The molecule has 0 saturated heterocycles. The molecule has 0 saturated carbocycles. The molecule has 0 unspecified atom stereocenters. The highest BCUT2D eigenvalue weighted by molar-refractivity contribution is 5.75. The van der Waals surface area contributed by atoms with Crippen LogP contribution in [0.3, 0.4) is 0 Å². The molecule has 0 aromatic heterocycles. The Labute approximate surface area is 198 Å². The van der Waals surface area contributed by atoms with E-state index in [0.717, 1.165) is 45.0 Å². The lowest BCUT2D eigenvalue weighted by atomic mass is 10.0. The van der Waals surface area contributed by atoms with Crippen LogP contribution in [0, 0.1) is 0 Å². The molecule has 0 aliphatic rings. The summed E-state index contributed by atoms with van der Waals surface area (Å²) < 4.78 is 10.8. The molecule has 0 rings (SSSR count). The van der Waals surface area contributed by atoms with Gasteiger partial charge < -0.3 is 19.6 Å². The van der Waals surface area contributed by atoms with Gasteiger partial charge in [0.1, 0.15) is 6.29 Å². The topological polar surface area (TPSA) is 64.6 Å². The normalized spacial score (nSPS) is 11.0. The van der Waals surface area contributed by atoms with E-state index in [1.165, 1.54) is 83.5 Å². The van der Waals surface area contributed by atoms with Crippen molar-refractivity contribution in [3.63, 3.8) is 0 Å². The fraction of sp³-hybridized carbons (Fsp3) is 0.926. The standard InChI is InChI=1S/C27H53NO4/c1-2-23-31-25-26-32-24-21-28-27(30)20-18-16-14-12-10-8-6-4-3-5-7-9-11-13-15-17-19-22-29/h22H,2-21,23-26H2,1H3,(H,28,30). The summed E-state index contributed by atoms with van der Waals surface area (Å²) in [7, 11) is 0. The van der Waals surface area contributed by atoms with Gasteiger partial charge in [-0.15, -0.1) is 0 Å². The zero-order valence-corrected chi connectivity index (χ0v) is 21.2. The van der Waals surface area contributed by atoms with Crippen molar-refractivity contribution in [3.05, 3.63) is 0 Å². The number of carbonyl (C=O) groups is 2. The smallest absolute Gasteiger partial charge is 0.220 e. The molecule has 0 aliphatic heterocycles. The third-order valence-electron chi connectivity index (χ3n) is 5.76. The number of rotatable bonds is 27. The predicted octanol–water partition coefficient (Wildman–Crippen LogP) is 6.77. The summed E-state index contributed by atoms with van der Waals surface area (Å²) in [6, 6.07) is 0. The number of amides is 1. The van der Waals surface area contributed by atoms with Crippen LogP contribution in [0.5, 0.6) is 0 Å². The van der Waals surface area contributed by atoms with Gasteiger partial charge in [0.25, 0.3) is 0 Å². The number of hydrogen-bond donors (Lipinski definition) is 1. The van der Waals surface area contributed by atoms with Crippen LogP contribution in [0.1, 0.15) is 129 Å². The van der Waals surface area contributed by atoms with Gasteiger partial charge >= 0.3 is 0 Å². The Hall–Kier alpha value is -0.940. The van der Waals surface area contributed by atoms with Crippen molar-refractivity contribution < 1.29 is 19.1 Å². The summed E-state index contributed by atoms with van der Waals surface area (Å²) in [6.45, 7) is 5.26. The van der Waals surface area contributed by atoms with Crippen LogP contribution in [-0.2, 0) is 19.1 Å². The summed E-state index contributed by atoms with van der Waals surface area (Å²) in [5, 5.41) is 2.93. The Morgan fingerprint density at radius 1 is 0.625 bits per heavy atom. The maximum absolute atomic E-state index is 11.8. The molecule has 190 valence electrons. The summed E-state index contributed by atoms with van der Waals surface area (Å²) in [6.07, 6.45) is 24.1. The number of aldehydes is 1. The fourth-order valence-corrected chi connectivity index (χ4v) is 3.81. The molecule has 0 bridgehead atoms. The van der Waals surface area contributed by atoms with E-state index in [9.17, 15) is 9.59 Å². The highest BCUT2D eigenvalue weighted by Crippen LogP contribution is 2.14. The molecular formula is C27H53NO4. The highest BCUT2D eigenvalue weighted by atomic mass is 16.5. The van der Waals surface area contributed by atoms with Gasteiger partial charge in [-0.2, -0.15) is 0 Å². The summed E-state index contributed by atoms with van der Waals surface area (Å²) in [5.74, 6) is 0.147. The molecule has 0 aromatic carbocycles. The quantitative estimate of drug-likeness (QED) is 0.110. The maximum atomic E-state index is 11.8. The van der Waals surface area contributed by atoms with E-state index in [1.807, 2.05) is 0 Å². The minimum absolute atomic E-state index is 0.147. The molecule has 0 aromatic rings. The monoisotopic (exact) mass is 455 g/mol. The van der Waals surface area contributed by atoms with Gasteiger partial charge in [0.15, 0.2) is 0 Å². The predicted molar refractivity (Wildman–Crippen MR) is 134 cm³/mol.